The maximum Gasteiger partial charge on any atom is 0.253 e. The van der Waals surface area contributed by atoms with Crippen molar-refractivity contribution in [1.82, 2.24) is 5.32 Å². The molecule has 1 spiro atoms. The van der Waals surface area contributed by atoms with E-state index in [4.69, 9.17) is 0 Å². The van der Waals surface area contributed by atoms with Crippen LogP contribution >= 0.6 is 11.8 Å². The maximum atomic E-state index is 11.8. The Morgan fingerprint density at radius 1 is 1.50 bits per heavy atom. The van der Waals surface area contributed by atoms with Crippen molar-refractivity contribution in [2.75, 3.05) is 11.5 Å². The topological polar surface area (TPSA) is 41.5 Å². The Morgan fingerprint density at radius 3 is 2.86 bits per heavy atom. The minimum Gasteiger partial charge on any atom is -0.312 e. The van der Waals surface area contributed by atoms with E-state index in [9.17, 15) is 4.79 Å². The van der Waals surface area contributed by atoms with Crippen molar-refractivity contribution < 1.29 is 4.79 Å². The summed E-state index contributed by atoms with van der Waals surface area (Å²) in [5.74, 6) is 3.18. The zero-order valence-corrected chi connectivity index (χ0v) is 9.32. The third-order valence-corrected chi connectivity index (χ3v) is 3.82. The van der Waals surface area contributed by atoms with E-state index in [0.717, 1.165) is 43.0 Å². The molecule has 1 fully saturated rings. The van der Waals surface area contributed by atoms with Crippen LogP contribution in [0.1, 0.15) is 32.6 Å². The molecule has 0 saturated carbocycles. The zero-order chi connectivity index (χ0) is 10.0. The van der Waals surface area contributed by atoms with Gasteiger partial charge in [0.15, 0.2) is 0 Å². The molecule has 0 bridgehead atoms. The molecule has 2 aliphatic heterocycles. The first-order chi connectivity index (χ1) is 6.77. The number of carbonyl (C=O) groups is 1. The lowest BCUT2D eigenvalue weighted by atomic mass is 9.93. The highest BCUT2D eigenvalue weighted by molar-refractivity contribution is 7.99. The molecule has 0 aliphatic carbocycles. The SMILES string of the molecule is CCCC1=NC2(CCSCC2)C(=O)N1. The van der Waals surface area contributed by atoms with E-state index in [1.807, 2.05) is 11.8 Å². The van der Waals surface area contributed by atoms with E-state index in [0.29, 0.717) is 0 Å². The van der Waals surface area contributed by atoms with Crippen molar-refractivity contribution in [1.29, 1.82) is 0 Å². The number of rotatable bonds is 2. The number of amides is 1. The van der Waals surface area contributed by atoms with Gasteiger partial charge < -0.3 is 5.32 Å². The van der Waals surface area contributed by atoms with Gasteiger partial charge in [0.05, 0.1) is 0 Å². The molecule has 1 saturated heterocycles. The summed E-state index contributed by atoms with van der Waals surface area (Å²) in [4.78, 5) is 16.4. The van der Waals surface area contributed by atoms with Crippen molar-refractivity contribution >= 4 is 23.5 Å². The monoisotopic (exact) mass is 212 g/mol. The van der Waals surface area contributed by atoms with Crippen LogP contribution in [0.2, 0.25) is 0 Å². The summed E-state index contributed by atoms with van der Waals surface area (Å²) in [6.07, 6.45) is 3.78. The lowest BCUT2D eigenvalue weighted by Crippen LogP contribution is -2.42. The highest BCUT2D eigenvalue weighted by Crippen LogP contribution is 2.33. The normalized spacial score (nSPS) is 24.9. The Morgan fingerprint density at radius 2 is 2.21 bits per heavy atom. The molecule has 2 aliphatic rings. The zero-order valence-electron chi connectivity index (χ0n) is 8.51. The second-order valence-electron chi connectivity index (χ2n) is 3.91. The summed E-state index contributed by atoms with van der Waals surface area (Å²) in [5.41, 5.74) is -0.379. The molecule has 2 heterocycles. The molecule has 0 radical (unpaired) electrons. The highest BCUT2D eigenvalue weighted by Gasteiger charge is 2.43. The Labute approximate surface area is 88.7 Å². The van der Waals surface area contributed by atoms with Gasteiger partial charge >= 0.3 is 0 Å². The second kappa shape index (κ2) is 3.93. The Kier molecular flexibility index (Phi) is 2.81. The van der Waals surface area contributed by atoms with E-state index >= 15 is 0 Å². The lowest BCUT2D eigenvalue weighted by molar-refractivity contribution is -0.123. The lowest BCUT2D eigenvalue weighted by Gasteiger charge is -2.26. The van der Waals surface area contributed by atoms with Crippen LogP contribution in [0.4, 0.5) is 0 Å². The fraction of sp³-hybridized carbons (Fsp3) is 0.800. The molecule has 3 nitrogen and oxygen atoms in total. The van der Waals surface area contributed by atoms with Crippen LogP contribution in [-0.4, -0.2) is 28.8 Å². The van der Waals surface area contributed by atoms with Crippen LogP contribution in [0.15, 0.2) is 4.99 Å². The number of hydrogen-bond acceptors (Lipinski definition) is 3. The number of nitrogens with one attached hydrogen (secondary N) is 1. The van der Waals surface area contributed by atoms with Gasteiger partial charge in [-0.25, -0.2) is 0 Å². The number of thioether (sulfide) groups is 1. The molecule has 0 atom stereocenters. The molecule has 1 amide bonds. The molecule has 4 heteroatoms. The van der Waals surface area contributed by atoms with E-state index < -0.39 is 0 Å². The van der Waals surface area contributed by atoms with E-state index in [1.54, 1.807) is 0 Å². The van der Waals surface area contributed by atoms with Crippen LogP contribution in [0, 0.1) is 0 Å². The summed E-state index contributed by atoms with van der Waals surface area (Å²) in [7, 11) is 0. The molecule has 0 aromatic carbocycles. The van der Waals surface area contributed by atoms with Gasteiger partial charge in [-0.05, 0) is 30.8 Å². The first kappa shape index (κ1) is 10.0. The molecule has 14 heavy (non-hydrogen) atoms. The molecular weight excluding hydrogens is 196 g/mol. The minimum absolute atomic E-state index is 0.140. The van der Waals surface area contributed by atoms with Crippen molar-refractivity contribution in [2.24, 2.45) is 4.99 Å². The number of hydrogen-bond donors (Lipinski definition) is 1. The van der Waals surface area contributed by atoms with Crippen molar-refractivity contribution in [3.8, 4) is 0 Å². The van der Waals surface area contributed by atoms with Crippen molar-refractivity contribution in [3.05, 3.63) is 0 Å². The largest absolute Gasteiger partial charge is 0.312 e. The van der Waals surface area contributed by atoms with Gasteiger partial charge in [0.2, 0.25) is 0 Å². The van der Waals surface area contributed by atoms with E-state index in [2.05, 4.69) is 17.2 Å². The number of nitrogens with zero attached hydrogens (tertiary/aromatic N) is 1. The Hall–Kier alpha value is -0.510. The fourth-order valence-corrected chi connectivity index (χ4v) is 3.16. The number of amidine groups is 1. The molecule has 78 valence electrons. The summed E-state index contributed by atoms with van der Waals surface area (Å²) in [5, 5.41) is 2.92. The smallest absolute Gasteiger partial charge is 0.253 e. The van der Waals surface area contributed by atoms with Gasteiger partial charge in [-0.15, -0.1) is 0 Å². The Bertz CT molecular complexity index is 269. The van der Waals surface area contributed by atoms with Gasteiger partial charge in [0, 0.05) is 6.42 Å². The summed E-state index contributed by atoms with van der Waals surface area (Å²) in [6.45, 7) is 2.11. The van der Waals surface area contributed by atoms with Gasteiger partial charge in [-0.3, -0.25) is 9.79 Å². The second-order valence-corrected chi connectivity index (χ2v) is 5.13. The van der Waals surface area contributed by atoms with Gasteiger partial charge in [0.1, 0.15) is 11.4 Å². The minimum atomic E-state index is -0.379. The quantitative estimate of drug-likeness (QED) is 0.755. The number of aliphatic imine (C=N–C) groups is 1. The first-order valence-corrected chi connectivity index (χ1v) is 6.40. The van der Waals surface area contributed by atoms with Crippen LogP contribution < -0.4 is 5.32 Å². The van der Waals surface area contributed by atoms with Gasteiger partial charge in [0.25, 0.3) is 5.91 Å². The maximum absolute atomic E-state index is 11.8. The third kappa shape index (κ3) is 1.67. The average molecular weight is 212 g/mol. The third-order valence-electron chi connectivity index (χ3n) is 2.84. The molecule has 2 rings (SSSR count). The molecule has 1 N–H and O–H groups in total. The van der Waals surface area contributed by atoms with Crippen LogP contribution in [-0.2, 0) is 4.79 Å². The predicted octanol–water partition coefficient (Wildman–Crippen LogP) is 1.58. The summed E-state index contributed by atoms with van der Waals surface area (Å²) in [6, 6.07) is 0. The van der Waals surface area contributed by atoms with Crippen molar-refractivity contribution in [2.45, 2.75) is 38.1 Å². The van der Waals surface area contributed by atoms with Gasteiger partial charge in [-0.1, -0.05) is 6.92 Å². The molecule has 0 aromatic rings. The predicted molar refractivity (Wildman–Crippen MR) is 59.8 cm³/mol. The van der Waals surface area contributed by atoms with Crippen LogP contribution in [0.25, 0.3) is 0 Å². The summed E-state index contributed by atoms with van der Waals surface area (Å²) >= 11 is 1.92. The fourth-order valence-electron chi connectivity index (χ4n) is 1.99. The van der Waals surface area contributed by atoms with Crippen LogP contribution in [0.5, 0.6) is 0 Å². The standard InChI is InChI=1S/C10H16N2OS/c1-2-3-8-11-9(13)10(12-8)4-6-14-7-5-10/h2-7H2,1H3,(H,11,12,13). The molecule has 0 unspecified atom stereocenters. The van der Waals surface area contributed by atoms with Gasteiger partial charge in [-0.2, -0.15) is 11.8 Å². The number of carbonyl (C=O) groups excluding carboxylic acids is 1. The summed E-state index contributed by atoms with van der Waals surface area (Å²) < 4.78 is 0. The van der Waals surface area contributed by atoms with E-state index in [-0.39, 0.29) is 11.4 Å². The molecular formula is C10H16N2OS. The van der Waals surface area contributed by atoms with Crippen molar-refractivity contribution in [3.63, 3.8) is 0 Å². The highest BCUT2D eigenvalue weighted by atomic mass is 32.2. The first-order valence-electron chi connectivity index (χ1n) is 5.25. The van der Waals surface area contributed by atoms with E-state index in [1.165, 1.54) is 0 Å². The average Bonchev–Trinajstić information content (AvgIpc) is 2.45. The Balaban J connectivity index is 2.13. The molecule has 0 aromatic heterocycles. The van der Waals surface area contributed by atoms with Crippen LogP contribution in [0.3, 0.4) is 0 Å².